The number of carbonyl (C=O) groups excluding carboxylic acids is 1. The smallest absolute Gasteiger partial charge is 0.412 e. The highest BCUT2D eigenvalue weighted by atomic mass is 16.6. The van der Waals surface area contributed by atoms with Crippen molar-refractivity contribution in [1.29, 1.82) is 0 Å². The van der Waals surface area contributed by atoms with Gasteiger partial charge in [-0.05, 0) is 38.1 Å². The van der Waals surface area contributed by atoms with Crippen LogP contribution in [0.3, 0.4) is 0 Å². The van der Waals surface area contributed by atoms with Crippen LogP contribution >= 0.6 is 0 Å². The molecule has 4 heteroatoms. The Bertz CT molecular complexity index is 636. The average Bonchev–Trinajstić information content (AvgIpc) is 2.38. The Hall–Kier alpha value is -2.36. The molecule has 1 aromatic heterocycles. The molecule has 96 valence electrons. The van der Waals surface area contributed by atoms with E-state index >= 15 is 0 Å². The fraction of sp³-hybridized carbons (Fsp3) is 0.200. The second-order valence-corrected chi connectivity index (χ2v) is 5.00. The zero-order chi connectivity index (χ0) is 13.5. The summed E-state index contributed by atoms with van der Waals surface area (Å²) < 4.78 is 5.32. The molecule has 0 fully saturated rings. The molecule has 19 heavy (non-hydrogen) atoms. The van der Waals surface area contributed by atoms with Crippen LogP contribution in [-0.4, -0.2) is 11.1 Å². The van der Waals surface area contributed by atoms with Gasteiger partial charge in [-0.1, -0.05) is 12.1 Å². The minimum Gasteiger partial charge on any atom is -0.438 e. The molecule has 1 aromatic carbocycles. The van der Waals surface area contributed by atoms with Gasteiger partial charge in [0.2, 0.25) is 0 Å². The van der Waals surface area contributed by atoms with Crippen LogP contribution in [0.5, 0.6) is 0 Å². The first kappa shape index (κ1) is 11.7. The van der Waals surface area contributed by atoms with Crippen LogP contribution in [0.4, 0.5) is 10.5 Å². The normalized spacial score (nSPS) is 16.2. The summed E-state index contributed by atoms with van der Waals surface area (Å²) in [6.07, 6.45) is 1.35. The standard InChI is InChI=1S/C15H14N2O2/c1-15(2)11-9-10(12-5-3-4-8-16-12)6-7-13(11)17-14(18)19-15/h3-9H,1-2H3,(H,17,18). The molecule has 0 atom stereocenters. The number of rotatable bonds is 1. The summed E-state index contributed by atoms with van der Waals surface area (Å²) in [5.74, 6) is 0. The Labute approximate surface area is 111 Å². The lowest BCUT2D eigenvalue weighted by molar-refractivity contribution is 0.0421. The van der Waals surface area contributed by atoms with E-state index < -0.39 is 11.7 Å². The number of hydrogen-bond acceptors (Lipinski definition) is 3. The van der Waals surface area contributed by atoms with Crippen molar-refractivity contribution in [2.45, 2.75) is 19.4 Å². The maximum Gasteiger partial charge on any atom is 0.412 e. The first-order valence-corrected chi connectivity index (χ1v) is 6.12. The number of carbonyl (C=O) groups is 1. The van der Waals surface area contributed by atoms with Crippen LogP contribution in [0.15, 0.2) is 42.6 Å². The summed E-state index contributed by atoms with van der Waals surface area (Å²) in [6, 6.07) is 11.6. The zero-order valence-electron chi connectivity index (χ0n) is 10.8. The summed E-state index contributed by atoms with van der Waals surface area (Å²) >= 11 is 0. The highest BCUT2D eigenvalue weighted by Gasteiger charge is 2.33. The van der Waals surface area contributed by atoms with Crippen LogP contribution in [-0.2, 0) is 10.3 Å². The van der Waals surface area contributed by atoms with Gasteiger partial charge in [0.25, 0.3) is 0 Å². The second kappa shape index (κ2) is 4.09. The molecule has 0 saturated carbocycles. The average molecular weight is 254 g/mol. The van der Waals surface area contributed by atoms with Crippen LogP contribution in [0.25, 0.3) is 11.3 Å². The van der Waals surface area contributed by atoms with E-state index in [1.165, 1.54) is 0 Å². The number of benzene rings is 1. The van der Waals surface area contributed by atoms with Crippen molar-refractivity contribution < 1.29 is 9.53 Å². The Balaban J connectivity index is 2.12. The quantitative estimate of drug-likeness (QED) is 0.846. The number of anilines is 1. The summed E-state index contributed by atoms with van der Waals surface area (Å²) in [7, 11) is 0. The number of aromatic nitrogens is 1. The Morgan fingerprint density at radius 1 is 1.21 bits per heavy atom. The number of nitrogens with one attached hydrogen (secondary N) is 1. The van der Waals surface area contributed by atoms with Crippen molar-refractivity contribution in [2.24, 2.45) is 0 Å². The number of ether oxygens (including phenoxy) is 1. The molecule has 1 amide bonds. The molecule has 0 saturated heterocycles. The third kappa shape index (κ3) is 2.05. The van der Waals surface area contributed by atoms with E-state index in [2.05, 4.69) is 10.3 Å². The molecule has 0 bridgehead atoms. The topological polar surface area (TPSA) is 51.2 Å². The van der Waals surface area contributed by atoms with Crippen LogP contribution in [0, 0.1) is 0 Å². The van der Waals surface area contributed by atoms with Gasteiger partial charge in [-0.15, -0.1) is 0 Å². The molecule has 2 heterocycles. The van der Waals surface area contributed by atoms with Gasteiger partial charge >= 0.3 is 6.09 Å². The first-order valence-electron chi connectivity index (χ1n) is 6.12. The lowest BCUT2D eigenvalue weighted by Crippen LogP contribution is -2.34. The van der Waals surface area contributed by atoms with Gasteiger partial charge in [0, 0.05) is 17.3 Å². The molecule has 2 aromatic rings. The van der Waals surface area contributed by atoms with Gasteiger partial charge in [0.15, 0.2) is 0 Å². The number of nitrogens with zero attached hydrogens (tertiary/aromatic N) is 1. The van der Waals surface area contributed by atoms with E-state index in [9.17, 15) is 4.79 Å². The third-order valence-corrected chi connectivity index (χ3v) is 3.21. The first-order chi connectivity index (χ1) is 9.06. The number of pyridine rings is 1. The summed E-state index contributed by atoms with van der Waals surface area (Å²) in [5.41, 5.74) is 3.02. The molecule has 3 rings (SSSR count). The van der Waals surface area contributed by atoms with Crippen molar-refractivity contribution in [3.05, 3.63) is 48.2 Å². The van der Waals surface area contributed by atoms with E-state index in [-0.39, 0.29) is 0 Å². The monoisotopic (exact) mass is 254 g/mol. The molecule has 0 unspecified atom stereocenters. The number of amides is 1. The second-order valence-electron chi connectivity index (χ2n) is 5.00. The van der Waals surface area contributed by atoms with Crippen molar-refractivity contribution in [3.8, 4) is 11.3 Å². The SMILES string of the molecule is CC1(C)OC(=O)Nc2ccc(-c3ccccn3)cc21. The maximum atomic E-state index is 11.5. The predicted octanol–water partition coefficient (Wildman–Crippen LogP) is 3.55. The summed E-state index contributed by atoms with van der Waals surface area (Å²) in [5, 5.41) is 2.71. The highest BCUT2D eigenvalue weighted by Crippen LogP contribution is 2.37. The lowest BCUT2D eigenvalue weighted by Gasteiger charge is -2.32. The molecule has 1 aliphatic rings. The highest BCUT2D eigenvalue weighted by molar-refractivity contribution is 5.89. The Kier molecular flexibility index (Phi) is 2.52. The molecule has 4 nitrogen and oxygen atoms in total. The van der Waals surface area contributed by atoms with Crippen molar-refractivity contribution >= 4 is 11.8 Å². The molecule has 0 spiro atoms. The fourth-order valence-corrected chi connectivity index (χ4v) is 2.27. The van der Waals surface area contributed by atoms with Crippen molar-refractivity contribution in [2.75, 3.05) is 5.32 Å². The van der Waals surface area contributed by atoms with Gasteiger partial charge in [0.05, 0.1) is 11.4 Å². The third-order valence-electron chi connectivity index (χ3n) is 3.21. The summed E-state index contributed by atoms with van der Waals surface area (Å²) in [6.45, 7) is 3.76. The maximum absolute atomic E-state index is 11.5. The van der Waals surface area contributed by atoms with Crippen molar-refractivity contribution in [3.63, 3.8) is 0 Å². The van der Waals surface area contributed by atoms with Gasteiger partial charge in [-0.25, -0.2) is 4.79 Å². The minimum absolute atomic E-state index is 0.414. The van der Waals surface area contributed by atoms with E-state index in [0.717, 1.165) is 22.5 Å². The van der Waals surface area contributed by atoms with E-state index in [0.29, 0.717) is 0 Å². The fourth-order valence-electron chi connectivity index (χ4n) is 2.27. The molecule has 0 radical (unpaired) electrons. The number of fused-ring (bicyclic) bond motifs is 1. The number of hydrogen-bond donors (Lipinski definition) is 1. The van der Waals surface area contributed by atoms with Gasteiger partial charge < -0.3 is 4.74 Å². The van der Waals surface area contributed by atoms with Gasteiger partial charge in [-0.2, -0.15) is 0 Å². The minimum atomic E-state index is -0.636. The van der Waals surface area contributed by atoms with Crippen LogP contribution in [0.1, 0.15) is 19.4 Å². The Morgan fingerprint density at radius 3 is 2.79 bits per heavy atom. The molecular weight excluding hydrogens is 240 g/mol. The van der Waals surface area contributed by atoms with E-state index in [1.807, 2.05) is 50.2 Å². The largest absolute Gasteiger partial charge is 0.438 e. The Morgan fingerprint density at radius 2 is 2.05 bits per heavy atom. The lowest BCUT2D eigenvalue weighted by atomic mass is 9.92. The van der Waals surface area contributed by atoms with Gasteiger partial charge in [0.1, 0.15) is 5.60 Å². The molecule has 1 aliphatic heterocycles. The summed E-state index contributed by atoms with van der Waals surface area (Å²) in [4.78, 5) is 15.8. The molecular formula is C15H14N2O2. The molecule has 0 aliphatic carbocycles. The van der Waals surface area contributed by atoms with E-state index in [4.69, 9.17) is 4.74 Å². The van der Waals surface area contributed by atoms with E-state index in [1.54, 1.807) is 6.20 Å². The molecule has 1 N–H and O–H groups in total. The van der Waals surface area contributed by atoms with Crippen LogP contribution < -0.4 is 5.32 Å². The predicted molar refractivity (Wildman–Crippen MR) is 72.8 cm³/mol. The van der Waals surface area contributed by atoms with Crippen molar-refractivity contribution in [1.82, 2.24) is 4.98 Å². The zero-order valence-corrected chi connectivity index (χ0v) is 10.8. The van der Waals surface area contributed by atoms with Gasteiger partial charge in [-0.3, -0.25) is 10.3 Å². The number of cyclic esters (lactones) is 1. The van der Waals surface area contributed by atoms with Crippen LogP contribution in [0.2, 0.25) is 0 Å².